The number of hydrogen-bond donors (Lipinski definition) is 1. The molecule has 1 amide bonds. The lowest BCUT2D eigenvalue weighted by molar-refractivity contribution is -0.143. The van der Waals surface area contributed by atoms with Gasteiger partial charge < -0.3 is 24.0 Å². The highest BCUT2D eigenvalue weighted by atomic mass is 16.6. The lowest BCUT2D eigenvalue weighted by Gasteiger charge is -2.37. The van der Waals surface area contributed by atoms with E-state index in [0.717, 1.165) is 24.1 Å². The summed E-state index contributed by atoms with van der Waals surface area (Å²) in [5.74, 6) is 1.91. The monoisotopic (exact) mass is 408 g/mol. The van der Waals surface area contributed by atoms with Crippen molar-refractivity contribution in [1.29, 1.82) is 0 Å². The molecule has 1 aromatic heterocycles. The van der Waals surface area contributed by atoms with E-state index in [0.29, 0.717) is 37.1 Å². The third-order valence-corrected chi connectivity index (χ3v) is 5.68. The van der Waals surface area contributed by atoms with Crippen LogP contribution in [0.3, 0.4) is 0 Å². The molecule has 5 rings (SSSR count). The number of para-hydroxylation sites is 4. The first-order valence-electron chi connectivity index (χ1n) is 10.2. The van der Waals surface area contributed by atoms with Crippen molar-refractivity contribution in [3.05, 3.63) is 54.4 Å². The summed E-state index contributed by atoms with van der Waals surface area (Å²) in [6.45, 7) is 3.50. The Morgan fingerprint density at radius 1 is 1.03 bits per heavy atom. The van der Waals surface area contributed by atoms with Crippen LogP contribution in [0.4, 0.5) is 0 Å². The number of amides is 1. The van der Waals surface area contributed by atoms with Crippen molar-refractivity contribution in [1.82, 2.24) is 19.4 Å². The number of aliphatic hydroxyl groups is 1. The van der Waals surface area contributed by atoms with Gasteiger partial charge >= 0.3 is 0 Å². The number of carbonyl (C=O) groups is 1. The van der Waals surface area contributed by atoms with Gasteiger partial charge in [0.25, 0.3) is 5.91 Å². The van der Waals surface area contributed by atoms with E-state index in [4.69, 9.17) is 9.47 Å². The summed E-state index contributed by atoms with van der Waals surface area (Å²) in [6.07, 6.45) is -0.606. The van der Waals surface area contributed by atoms with E-state index >= 15 is 0 Å². The number of rotatable bonds is 4. The van der Waals surface area contributed by atoms with Gasteiger partial charge in [-0.15, -0.1) is 0 Å². The number of nitrogens with zero attached hydrogens (tertiary/aromatic N) is 4. The topological polar surface area (TPSA) is 80.1 Å². The van der Waals surface area contributed by atoms with Crippen LogP contribution in [0.1, 0.15) is 5.82 Å². The van der Waals surface area contributed by atoms with E-state index in [1.54, 1.807) is 0 Å². The van der Waals surface area contributed by atoms with Gasteiger partial charge in [0.1, 0.15) is 19.0 Å². The first-order chi connectivity index (χ1) is 14.7. The molecule has 0 aliphatic carbocycles. The van der Waals surface area contributed by atoms with Gasteiger partial charge in [-0.05, 0) is 24.3 Å². The van der Waals surface area contributed by atoms with E-state index in [1.807, 2.05) is 58.0 Å². The fraction of sp³-hybridized carbons (Fsp3) is 0.364. The zero-order valence-electron chi connectivity index (χ0n) is 16.6. The van der Waals surface area contributed by atoms with E-state index in [-0.39, 0.29) is 19.1 Å². The molecular weight excluding hydrogens is 384 g/mol. The Bertz CT molecular complexity index is 1060. The summed E-state index contributed by atoms with van der Waals surface area (Å²) in [4.78, 5) is 21.5. The van der Waals surface area contributed by atoms with Crippen LogP contribution < -0.4 is 9.47 Å². The van der Waals surface area contributed by atoms with Gasteiger partial charge in [-0.1, -0.05) is 24.3 Å². The maximum atomic E-state index is 12.9. The minimum absolute atomic E-state index is 0.0340. The SMILES string of the molecule is O=C([C@@H]1COc2ccccc2O1)N1CCN(Cn2c(CO)nc3ccccc32)CC1. The zero-order chi connectivity index (χ0) is 20.5. The molecule has 0 bridgehead atoms. The summed E-state index contributed by atoms with van der Waals surface area (Å²) >= 11 is 0. The Hall–Kier alpha value is -3.10. The van der Waals surface area contributed by atoms with Crippen LogP contribution >= 0.6 is 0 Å². The van der Waals surface area contributed by atoms with E-state index in [9.17, 15) is 9.90 Å². The lowest BCUT2D eigenvalue weighted by atomic mass is 10.2. The molecule has 1 N–H and O–H groups in total. The molecule has 2 aromatic carbocycles. The van der Waals surface area contributed by atoms with Gasteiger partial charge in [-0.2, -0.15) is 0 Å². The standard InChI is InChI=1S/C22H24N4O4/c27-13-21-23-16-5-1-2-6-17(16)26(21)15-24-9-11-25(12-10-24)22(28)20-14-29-18-7-3-4-8-19(18)30-20/h1-8,20,27H,9-15H2/t20-/m0/s1. The molecule has 3 aromatic rings. The zero-order valence-corrected chi connectivity index (χ0v) is 16.6. The molecule has 8 nitrogen and oxygen atoms in total. The van der Waals surface area contributed by atoms with Gasteiger partial charge in [-0.3, -0.25) is 9.69 Å². The van der Waals surface area contributed by atoms with Crippen molar-refractivity contribution in [2.75, 3.05) is 32.8 Å². The van der Waals surface area contributed by atoms with Crippen molar-refractivity contribution < 1.29 is 19.4 Å². The number of fused-ring (bicyclic) bond motifs is 2. The van der Waals surface area contributed by atoms with Crippen LogP contribution in [0, 0.1) is 0 Å². The molecule has 8 heteroatoms. The molecule has 1 saturated heterocycles. The van der Waals surface area contributed by atoms with Crippen molar-refractivity contribution in [3.8, 4) is 11.5 Å². The molecule has 2 aliphatic heterocycles. The van der Waals surface area contributed by atoms with Gasteiger partial charge in [0.15, 0.2) is 11.5 Å². The predicted molar refractivity (Wildman–Crippen MR) is 110 cm³/mol. The average Bonchev–Trinajstić information content (AvgIpc) is 3.16. The number of imidazole rings is 1. The highest BCUT2D eigenvalue weighted by Gasteiger charge is 2.32. The van der Waals surface area contributed by atoms with Gasteiger partial charge in [0.2, 0.25) is 6.10 Å². The van der Waals surface area contributed by atoms with Crippen LogP contribution in [-0.4, -0.2) is 69.3 Å². The summed E-state index contributed by atoms with van der Waals surface area (Å²) in [5.41, 5.74) is 1.89. The van der Waals surface area contributed by atoms with Crippen LogP contribution in [0.25, 0.3) is 11.0 Å². The van der Waals surface area contributed by atoms with Crippen molar-refractivity contribution >= 4 is 16.9 Å². The maximum absolute atomic E-state index is 12.9. The molecule has 1 atom stereocenters. The smallest absolute Gasteiger partial charge is 0.267 e. The molecule has 0 spiro atoms. The largest absolute Gasteiger partial charge is 0.485 e. The quantitative estimate of drug-likeness (QED) is 0.704. The molecule has 0 unspecified atom stereocenters. The number of hydrogen-bond acceptors (Lipinski definition) is 6. The number of carbonyl (C=O) groups excluding carboxylic acids is 1. The van der Waals surface area contributed by atoms with Gasteiger partial charge in [0.05, 0.1) is 17.7 Å². The Morgan fingerprint density at radius 2 is 1.77 bits per heavy atom. The van der Waals surface area contributed by atoms with Crippen molar-refractivity contribution in [2.24, 2.45) is 0 Å². The van der Waals surface area contributed by atoms with Crippen LogP contribution in [-0.2, 0) is 18.1 Å². The second-order valence-corrected chi connectivity index (χ2v) is 7.55. The van der Waals surface area contributed by atoms with Crippen LogP contribution in [0.15, 0.2) is 48.5 Å². The molecule has 156 valence electrons. The summed E-state index contributed by atoms with van der Waals surface area (Å²) in [7, 11) is 0. The lowest BCUT2D eigenvalue weighted by Crippen LogP contribution is -2.54. The first kappa shape index (κ1) is 18.9. The van der Waals surface area contributed by atoms with E-state index in [1.165, 1.54) is 0 Å². The normalized spacial score (nSPS) is 19.2. The molecule has 30 heavy (non-hydrogen) atoms. The van der Waals surface area contributed by atoms with Gasteiger partial charge in [0, 0.05) is 26.2 Å². The highest BCUT2D eigenvalue weighted by Crippen LogP contribution is 2.31. The van der Waals surface area contributed by atoms with Crippen LogP contribution in [0.5, 0.6) is 11.5 Å². The second kappa shape index (κ2) is 7.97. The molecular formula is C22H24N4O4. The van der Waals surface area contributed by atoms with Crippen LogP contribution in [0.2, 0.25) is 0 Å². The molecule has 3 heterocycles. The minimum Gasteiger partial charge on any atom is -0.485 e. The molecule has 1 fully saturated rings. The van der Waals surface area contributed by atoms with E-state index < -0.39 is 6.10 Å². The Kier molecular flexibility index (Phi) is 5.02. The Labute approximate surface area is 174 Å². The fourth-order valence-electron chi connectivity index (χ4n) is 4.06. The fourth-order valence-corrected chi connectivity index (χ4v) is 4.06. The number of aromatic nitrogens is 2. The molecule has 0 radical (unpaired) electrons. The van der Waals surface area contributed by atoms with Gasteiger partial charge in [-0.25, -0.2) is 4.98 Å². The third kappa shape index (κ3) is 3.48. The maximum Gasteiger partial charge on any atom is 0.267 e. The number of benzene rings is 2. The Balaban J connectivity index is 1.22. The first-order valence-corrected chi connectivity index (χ1v) is 10.2. The highest BCUT2D eigenvalue weighted by molar-refractivity contribution is 5.82. The number of ether oxygens (including phenoxy) is 2. The number of piperazine rings is 1. The van der Waals surface area contributed by atoms with Crippen molar-refractivity contribution in [2.45, 2.75) is 19.4 Å². The summed E-state index contributed by atoms with van der Waals surface area (Å²) in [5, 5.41) is 9.70. The number of aliphatic hydroxyl groups excluding tert-OH is 1. The average molecular weight is 408 g/mol. The Morgan fingerprint density at radius 3 is 2.57 bits per heavy atom. The predicted octanol–water partition coefficient (Wildman–Crippen LogP) is 1.47. The summed E-state index contributed by atoms with van der Waals surface area (Å²) < 4.78 is 13.6. The molecule has 2 aliphatic rings. The second-order valence-electron chi connectivity index (χ2n) is 7.55. The molecule has 0 saturated carbocycles. The van der Waals surface area contributed by atoms with E-state index in [2.05, 4.69) is 9.88 Å². The third-order valence-electron chi connectivity index (χ3n) is 5.68. The minimum atomic E-state index is -0.606. The summed E-state index contributed by atoms with van der Waals surface area (Å²) in [6, 6.07) is 15.3. The van der Waals surface area contributed by atoms with Crippen molar-refractivity contribution in [3.63, 3.8) is 0 Å².